The highest BCUT2D eigenvalue weighted by Gasteiger charge is 2.18. The third-order valence-electron chi connectivity index (χ3n) is 1.61. The zero-order valence-corrected chi connectivity index (χ0v) is 8.54. The maximum atomic E-state index is 11.3. The molecule has 1 aromatic rings. The van der Waals surface area contributed by atoms with E-state index in [-0.39, 0.29) is 6.42 Å². The molecule has 5 heteroatoms. The van der Waals surface area contributed by atoms with Crippen molar-refractivity contribution in [2.45, 2.75) is 13.3 Å². The largest absolute Gasteiger partial charge is 0.295 e. The summed E-state index contributed by atoms with van der Waals surface area (Å²) in [5.74, 6) is 0. The molecule has 1 rings (SSSR count). The highest BCUT2D eigenvalue weighted by molar-refractivity contribution is 8.07. The third-order valence-corrected chi connectivity index (χ3v) is 3.01. The molecule has 0 unspecified atom stereocenters. The molecule has 1 aromatic carbocycles. The number of para-hydroxylation sites is 1. The Morgan fingerprint density at radius 2 is 1.86 bits per heavy atom. The minimum atomic E-state index is -3.85. The van der Waals surface area contributed by atoms with Crippen molar-refractivity contribution in [1.29, 1.82) is 0 Å². The molecular weight excluding hydrogens is 202 g/mol. The Labute approximate surface area is 83.0 Å². The van der Waals surface area contributed by atoms with Crippen LogP contribution < -0.4 is 4.72 Å². The fraction of sp³-hybridized carbons (Fsp3) is 0.222. The maximum absolute atomic E-state index is 11.3. The molecule has 0 aliphatic rings. The summed E-state index contributed by atoms with van der Waals surface area (Å²) in [5.41, 5.74) is 0.398. The molecule has 0 atom stereocenters. The Balaban J connectivity index is 2.85. The van der Waals surface area contributed by atoms with Crippen LogP contribution in [0.5, 0.6) is 0 Å². The number of sulfonamides is 1. The third kappa shape index (κ3) is 2.56. The smallest absolute Gasteiger partial charge is 0.280 e. The van der Waals surface area contributed by atoms with E-state index < -0.39 is 15.1 Å². The monoisotopic (exact) mass is 213 g/mol. The fourth-order valence-electron chi connectivity index (χ4n) is 0.908. The molecule has 0 radical (unpaired) electrons. The predicted octanol–water partition coefficient (Wildman–Crippen LogP) is 1.36. The van der Waals surface area contributed by atoms with Gasteiger partial charge in [-0.1, -0.05) is 25.1 Å². The molecule has 76 valence electrons. The summed E-state index contributed by atoms with van der Waals surface area (Å²) >= 11 is 0. The quantitative estimate of drug-likeness (QED) is 0.824. The summed E-state index contributed by atoms with van der Waals surface area (Å²) in [5, 5.41) is -0.804. The van der Waals surface area contributed by atoms with Gasteiger partial charge in [0.25, 0.3) is 15.1 Å². The van der Waals surface area contributed by atoms with E-state index in [1.807, 2.05) is 0 Å². The molecule has 0 aliphatic carbocycles. The number of rotatable bonds is 3. The van der Waals surface area contributed by atoms with Crippen LogP contribution in [0.1, 0.15) is 13.3 Å². The van der Waals surface area contributed by atoms with Gasteiger partial charge in [-0.15, -0.1) is 0 Å². The first-order valence-corrected chi connectivity index (χ1v) is 5.65. The first-order chi connectivity index (χ1) is 6.56. The van der Waals surface area contributed by atoms with Gasteiger partial charge in [0.15, 0.2) is 0 Å². The SMILES string of the molecule is CCC(=O)S(=O)(=O)Nc1ccccc1. The van der Waals surface area contributed by atoms with Gasteiger partial charge in [0.05, 0.1) is 0 Å². The van der Waals surface area contributed by atoms with Gasteiger partial charge in [0.2, 0.25) is 0 Å². The van der Waals surface area contributed by atoms with Crippen LogP contribution in [0.15, 0.2) is 30.3 Å². The molecule has 1 N–H and O–H groups in total. The first-order valence-electron chi connectivity index (χ1n) is 4.17. The van der Waals surface area contributed by atoms with Crippen molar-refractivity contribution in [2.24, 2.45) is 0 Å². The fourth-order valence-corrected chi connectivity index (χ4v) is 1.85. The van der Waals surface area contributed by atoms with Crippen LogP contribution in [0.25, 0.3) is 0 Å². The van der Waals surface area contributed by atoms with Crippen molar-refractivity contribution in [1.82, 2.24) is 0 Å². The Kier molecular flexibility index (Phi) is 3.24. The van der Waals surface area contributed by atoms with Gasteiger partial charge < -0.3 is 0 Å². The summed E-state index contributed by atoms with van der Waals surface area (Å²) in [6, 6.07) is 8.31. The lowest BCUT2D eigenvalue weighted by Gasteiger charge is -2.04. The van der Waals surface area contributed by atoms with Crippen molar-refractivity contribution in [3.05, 3.63) is 30.3 Å². The van der Waals surface area contributed by atoms with E-state index in [1.54, 1.807) is 30.3 Å². The average Bonchev–Trinajstić information content (AvgIpc) is 2.17. The highest BCUT2D eigenvalue weighted by atomic mass is 32.2. The predicted molar refractivity (Wildman–Crippen MR) is 54.3 cm³/mol. The van der Waals surface area contributed by atoms with Crippen molar-refractivity contribution in [2.75, 3.05) is 4.72 Å². The summed E-state index contributed by atoms with van der Waals surface area (Å²) in [6.45, 7) is 1.51. The molecule has 0 bridgehead atoms. The van der Waals surface area contributed by atoms with Crippen LogP contribution in [0, 0.1) is 0 Å². The summed E-state index contributed by atoms with van der Waals surface area (Å²) in [4.78, 5) is 11.0. The molecule has 0 aromatic heterocycles. The Hall–Kier alpha value is -1.36. The zero-order chi connectivity index (χ0) is 10.6. The number of anilines is 1. The van der Waals surface area contributed by atoms with Crippen molar-refractivity contribution < 1.29 is 13.2 Å². The van der Waals surface area contributed by atoms with Gasteiger partial charge in [-0.05, 0) is 12.1 Å². The Morgan fingerprint density at radius 1 is 1.29 bits per heavy atom. The summed E-state index contributed by atoms with van der Waals surface area (Å²) < 4.78 is 24.7. The molecule has 0 amide bonds. The van der Waals surface area contributed by atoms with Gasteiger partial charge in [0.1, 0.15) is 0 Å². The molecule has 0 saturated heterocycles. The molecule has 0 heterocycles. The van der Waals surface area contributed by atoms with Gasteiger partial charge in [0, 0.05) is 12.1 Å². The van der Waals surface area contributed by atoms with E-state index in [4.69, 9.17) is 0 Å². The zero-order valence-electron chi connectivity index (χ0n) is 7.73. The Morgan fingerprint density at radius 3 is 2.36 bits per heavy atom. The lowest BCUT2D eigenvalue weighted by atomic mass is 10.3. The summed E-state index contributed by atoms with van der Waals surface area (Å²) in [6.07, 6.45) is -0.0256. The van der Waals surface area contributed by atoms with Crippen molar-refractivity contribution in [3.63, 3.8) is 0 Å². The molecule has 0 aliphatic heterocycles. The van der Waals surface area contributed by atoms with E-state index in [0.29, 0.717) is 5.69 Å². The van der Waals surface area contributed by atoms with Crippen LogP contribution >= 0.6 is 0 Å². The number of benzene rings is 1. The number of nitrogens with one attached hydrogen (secondary N) is 1. The second-order valence-corrected chi connectivity index (χ2v) is 4.36. The van der Waals surface area contributed by atoms with E-state index in [2.05, 4.69) is 4.72 Å². The minimum absolute atomic E-state index is 0.0256. The van der Waals surface area contributed by atoms with Crippen LogP contribution in [0.3, 0.4) is 0 Å². The lowest BCUT2D eigenvalue weighted by molar-refractivity contribution is -0.111. The number of carbonyl (C=O) groups excluding carboxylic acids is 1. The number of hydrogen-bond donors (Lipinski definition) is 1. The van der Waals surface area contributed by atoms with E-state index in [0.717, 1.165) is 0 Å². The van der Waals surface area contributed by atoms with E-state index in [1.165, 1.54) is 6.92 Å². The highest BCUT2D eigenvalue weighted by Crippen LogP contribution is 2.08. The van der Waals surface area contributed by atoms with Crippen LogP contribution in [-0.4, -0.2) is 13.5 Å². The Bertz CT molecular complexity index is 411. The maximum Gasteiger partial charge on any atom is 0.295 e. The van der Waals surface area contributed by atoms with E-state index >= 15 is 0 Å². The van der Waals surface area contributed by atoms with E-state index in [9.17, 15) is 13.2 Å². The van der Waals surface area contributed by atoms with Gasteiger partial charge in [-0.2, -0.15) is 8.42 Å². The minimum Gasteiger partial charge on any atom is -0.280 e. The number of hydrogen-bond acceptors (Lipinski definition) is 3. The van der Waals surface area contributed by atoms with Gasteiger partial charge in [-0.25, -0.2) is 0 Å². The normalized spacial score (nSPS) is 10.9. The van der Waals surface area contributed by atoms with Gasteiger partial charge in [-0.3, -0.25) is 9.52 Å². The molecule has 4 nitrogen and oxygen atoms in total. The van der Waals surface area contributed by atoms with Crippen LogP contribution in [0.2, 0.25) is 0 Å². The molecule has 14 heavy (non-hydrogen) atoms. The number of carbonyl (C=O) groups is 1. The lowest BCUT2D eigenvalue weighted by Crippen LogP contribution is -2.21. The molecular formula is C9H11NO3S. The van der Waals surface area contributed by atoms with Crippen LogP contribution in [0.4, 0.5) is 5.69 Å². The average molecular weight is 213 g/mol. The molecule has 0 spiro atoms. The van der Waals surface area contributed by atoms with Crippen molar-refractivity contribution in [3.8, 4) is 0 Å². The second kappa shape index (κ2) is 4.23. The summed E-state index contributed by atoms with van der Waals surface area (Å²) in [7, 11) is -3.85. The topological polar surface area (TPSA) is 63.2 Å². The van der Waals surface area contributed by atoms with Gasteiger partial charge >= 0.3 is 0 Å². The standard InChI is InChI=1S/C9H11NO3S/c1-2-9(11)14(12,13)10-8-6-4-3-5-7-8/h3-7,10H,2H2,1H3. The van der Waals surface area contributed by atoms with Crippen molar-refractivity contribution >= 4 is 20.8 Å². The second-order valence-electron chi connectivity index (χ2n) is 2.70. The first kappa shape index (κ1) is 10.7. The molecule has 0 fully saturated rings. The van der Waals surface area contributed by atoms with Crippen LogP contribution in [-0.2, 0) is 14.8 Å². The molecule has 0 saturated carbocycles.